The molecule has 0 saturated heterocycles. The van der Waals surface area contributed by atoms with E-state index >= 15 is 0 Å². The SMILES string of the molecule is Cc1ccc(CC(=O)NCCC(=O)OC(C)C)cc1. The lowest BCUT2D eigenvalue weighted by atomic mass is 10.1. The third-order valence-corrected chi connectivity index (χ3v) is 2.50. The van der Waals surface area contributed by atoms with E-state index in [0.29, 0.717) is 13.0 Å². The van der Waals surface area contributed by atoms with Crippen LogP contribution in [0.25, 0.3) is 0 Å². The fourth-order valence-corrected chi connectivity index (χ4v) is 1.58. The van der Waals surface area contributed by atoms with Gasteiger partial charge in [-0.2, -0.15) is 0 Å². The smallest absolute Gasteiger partial charge is 0.307 e. The van der Waals surface area contributed by atoms with Gasteiger partial charge in [0.15, 0.2) is 0 Å². The van der Waals surface area contributed by atoms with Gasteiger partial charge in [-0.15, -0.1) is 0 Å². The van der Waals surface area contributed by atoms with Gasteiger partial charge in [-0.05, 0) is 26.3 Å². The van der Waals surface area contributed by atoms with Gasteiger partial charge in [-0.1, -0.05) is 29.8 Å². The van der Waals surface area contributed by atoms with Crippen LogP contribution in [0.3, 0.4) is 0 Å². The second-order valence-electron chi connectivity index (χ2n) is 4.80. The Balaban J connectivity index is 2.25. The van der Waals surface area contributed by atoms with Crippen LogP contribution in [-0.4, -0.2) is 24.5 Å². The molecule has 0 atom stereocenters. The van der Waals surface area contributed by atoms with Crippen LogP contribution in [0.2, 0.25) is 0 Å². The van der Waals surface area contributed by atoms with Crippen LogP contribution in [-0.2, 0) is 20.7 Å². The Morgan fingerprint density at radius 2 is 1.84 bits per heavy atom. The number of hydrogen-bond acceptors (Lipinski definition) is 3. The molecule has 4 heteroatoms. The second kappa shape index (κ2) is 7.56. The molecule has 0 aliphatic carbocycles. The number of nitrogens with one attached hydrogen (secondary N) is 1. The summed E-state index contributed by atoms with van der Waals surface area (Å²) in [5, 5.41) is 2.71. The lowest BCUT2D eigenvalue weighted by Gasteiger charge is -2.08. The normalized spacial score (nSPS) is 10.3. The van der Waals surface area contributed by atoms with Crippen LogP contribution in [0.4, 0.5) is 0 Å². The molecule has 19 heavy (non-hydrogen) atoms. The average molecular weight is 263 g/mol. The average Bonchev–Trinajstić information content (AvgIpc) is 2.31. The van der Waals surface area contributed by atoms with Crippen LogP contribution in [0.15, 0.2) is 24.3 Å². The van der Waals surface area contributed by atoms with Crippen molar-refractivity contribution in [3.63, 3.8) is 0 Å². The molecule has 1 amide bonds. The molecule has 0 saturated carbocycles. The van der Waals surface area contributed by atoms with Gasteiger partial charge in [0.05, 0.1) is 18.9 Å². The first-order valence-electron chi connectivity index (χ1n) is 6.49. The molecular weight excluding hydrogens is 242 g/mol. The van der Waals surface area contributed by atoms with Gasteiger partial charge in [-0.25, -0.2) is 0 Å². The molecule has 0 bridgehead atoms. The van der Waals surface area contributed by atoms with Gasteiger partial charge in [0, 0.05) is 6.54 Å². The number of ether oxygens (including phenoxy) is 1. The standard InChI is InChI=1S/C15H21NO3/c1-11(2)19-15(18)8-9-16-14(17)10-13-6-4-12(3)5-7-13/h4-7,11H,8-10H2,1-3H3,(H,16,17). The fraction of sp³-hybridized carbons (Fsp3) is 0.467. The van der Waals surface area contributed by atoms with E-state index in [1.54, 1.807) is 13.8 Å². The molecule has 0 aliphatic heterocycles. The summed E-state index contributed by atoms with van der Waals surface area (Å²) in [6.45, 7) is 5.92. The van der Waals surface area contributed by atoms with Gasteiger partial charge in [0.1, 0.15) is 0 Å². The molecule has 0 unspecified atom stereocenters. The lowest BCUT2D eigenvalue weighted by molar-refractivity contribution is -0.147. The van der Waals surface area contributed by atoms with Crippen molar-refractivity contribution in [2.24, 2.45) is 0 Å². The number of aryl methyl sites for hydroxylation is 1. The van der Waals surface area contributed by atoms with Crippen LogP contribution in [0.1, 0.15) is 31.4 Å². The number of amides is 1. The first-order chi connectivity index (χ1) is 8.97. The van der Waals surface area contributed by atoms with Crippen molar-refractivity contribution in [1.29, 1.82) is 0 Å². The molecule has 1 rings (SSSR count). The van der Waals surface area contributed by atoms with E-state index in [1.807, 2.05) is 31.2 Å². The summed E-state index contributed by atoms with van der Waals surface area (Å²) in [5.41, 5.74) is 2.13. The zero-order valence-electron chi connectivity index (χ0n) is 11.7. The van der Waals surface area contributed by atoms with Crippen LogP contribution in [0.5, 0.6) is 0 Å². The maximum atomic E-state index is 11.6. The largest absolute Gasteiger partial charge is 0.463 e. The maximum absolute atomic E-state index is 11.6. The van der Waals surface area contributed by atoms with Crippen molar-refractivity contribution in [2.75, 3.05) is 6.54 Å². The molecule has 4 nitrogen and oxygen atoms in total. The van der Waals surface area contributed by atoms with Crippen molar-refractivity contribution in [3.8, 4) is 0 Å². The number of carbonyl (C=O) groups excluding carboxylic acids is 2. The van der Waals surface area contributed by atoms with Gasteiger partial charge >= 0.3 is 5.97 Å². The molecule has 0 aliphatic rings. The molecule has 0 spiro atoms. The molecule has 1 aromatic rings. The van der Waals surface area contributed by atoms with E-state index in [9.17, 15) is 9.59 Å². The minimum absolute atomic E-state index is 0.0822. The summed E-state index contributed by atoms with van der Waals surface area (Å²) in [7, 11) is 0. The Morgan fingerprint density at radius 1 is 1.21 bits per heavy atom. The van der Waals surface area contributed by atoms with E-state index in [4.69, 9.17) is 4.74 Å². The second-order valence-corrected chi connectivity index (χ2v) is 4.80. The van der Waals surface area contributed by atoms with Gasteiger partial charge < -0.3 is 10.1 Å². The fourth-order valence-electron chi connectivity index (χ4n) is 1.58. The highest BCUT2D eigenvalue weighted by molar-refractivity contribution is 5.79. The first-order valence-corrected chi connectivity index (χ1v) is 6.49. The summed E-state index contributed by atoms with van der Waals surface area (Å²) < 4.78 is 4.97. The number of hydrogen-bond donors (Lipinski definition) is 1. The van der Waals surface area contributed by atoms with Crippen molar-refractivity contribution in [3.05, 3.63) is 35.4 Å². The maximum Gasteiger partial charge on any atom is 0.307 e. The monoisotopic (exact) mass is 263 g/mol. The highest BCUT2D eigenvalue weighted by Gasteiger charge is 2.07. The van der Waals surface area contributed by atoms with Crippen LogP contribution in [0, 0.1) is 6.92 Å². The topological polar surface area (TPSA) is 55.4 Å². The van der Waals surface area contributed by atoms with E-state index in [0.717, 1.165) is 5.56 Å². The zero-order chi connectivity index (χ0) is 14.3. The minimum Gasteiger partial charge on any atom is -0.463 e. The van der Waals surface area contributed by atoms with Crippen molar-refractivity contribution in [1.82, 2.24) is 5.32 Å². The molecule has 0 aromatic heterocycles. The Kier molecular flexibility index (Phi) is 6.06. The van der Waals surface area contributed by atoms with Gasteiger partial charge in [0.25, 0.3) is 0 Å². The van der Waals surface area contributed by atoms with Gasteiger partial charge in [0.2, 0.25) is 5.91 Å². The van der Waals surface area contributed by atoms with Crippen LogP contribution < -0.4 is 5.32 Å². The molecule has 104 valence electrons. The van der Waals surface area contributed by atoms with E-state index in [2.05, 4.69) is 5.32 Å². The third-order valence-electron chi connectivity index (χ3n) is 2.50. The minimum atomic E-state index is -0.286. The number of rotatable bonds is 6. The quantitative estimate of drug-likeness (QED) is 0.799. The predicted molar refractivity (Wildman–Crippen MR) is 73.7 cm³/mol. The Morgan fingerprint density at radius 3 is 2.42 bits per heavy atom. The number of benzene rings is 1. The Hall–Kier alpha value is -1.84. The van der Waals surface area contributed by atoms with E-state index in [1.165, 1.54) is 5.56 Å². The lowest BCUT2D eigenvalue weighted by Crippen LogP contribution is -2.28. The summed E-state index contributed by atoms with van der Waals surface area (Å²) in [5.74, 6) is -0.369. The molecule has 0 radical (unpaired) electrons. The number of carbonyl (C=O) groups is 2. The van der Waals surface area contributed by atoms with Gasteiger partial charge in [-0.3, -0.25) is 9.59 Å². The highest BCUT2D eigenvalue weighted by atomic mass is 16.5. The third kappa shape index (κ3) is 6.60. The van der Waals surface area contributed by atoms with E-state index in [-0.39, 0.29) is 24.4 Å². The molecule has 1 N–H and O–H groups in total. The Bertz CT molecular complexity index is 424. The number of esters is 1. The molecule has 0 fully saturated rings. The Labute approximate surface area is 114 Å². The summed E-state index contributed by atoms with van der Waals surface area (Å²) in [6.07, 6.45) is 0.424. The van der Waals surface area contributed by atoms with E-state index < -0.39 is 0 Å². The van der Waals surface area contributed by atoms with Crippen molar-refractivity contribution >= 4 is 11.9 Å². The highest BCUT2D eigenvalue weighted by Crippen LogP contribution is 2.03. The predicted octanol–water partition coefficient (Wildman–Crippen LogP) is 2.00. The van der Waals surface area contributed by atoms with Crippen LogP contribution >= 0.6 is 0 Å². The molecular formula is C15H21NO3. The summed E-state index contributed by atoms with van der Waals surface area (Å²) in [6, 6.07) is 7.81. The van der Waals surface area contributed by atoms with Crippen molar-refractivity contribution < 1.29 is 14.3 Å². The summed E-state index contributed by atoms with van der Waals surface area (Å²) in [4.78, 5) is 22.9. The molecule has 0 heterocycles. The zero-order valence-corrected chi connectivity index (χ0v) is 11.7. The van der Waals surface area contributed by atoms with Crippen molar-refractivity contribution in [2.45, 2.75) is 39.7 Å². The first kappa shape index (κ1) is 15.2. The summed E-state index contributed by atoms with van der Waals surface area (Å²) >= 11 is 0. The molecule has 1 aromatic carbocycles.